The third-order valence-electron chi connectivity index (χ3n) is 4.34. The lowest BCUT2D eigenvalue weighted by Gasteiger charge is -2.23. The van der Waals surface area contributed by atoms with Crippen LogP contribution in [0.5, 0.6) is 0 Å². The minimum absolute atomic E-state index is 0.518. The first-order valence-electron chi connectivity index (χ1n) is 10.3. The summed E-state index contributed by atoms with van der Waals surface area (Å²) in [6, 6.07) is 19.9. The van der Waals surface area contributed by atoms with E-state index in [-0.39, 0.29) is 0 Å². The van der Waals surface area contributed by atoms with Gasteiger partial charge in [-0.05, 0) is 0 Å². The third kappa shape index (κ3) is 8.76. The fraction of sp³-hybridized carbons (Fsp3) is 0.417. The van der Waals surface area contributed by atoms with Gasteiger partial charge in [-0.1, -0.05) is 71.0 Å². The van der Waals surface area contributed by atoms with E-state index < -0.39 is 0 Å². The predicted molar refractivity (Wildman–Crippen MR) is 124 cm³/mol. The molecule has 0 N–H and O–H groups in total. The van der Waals surface area contributed by atoms with Crippen molar-refractivity contribution in [2.75, 3.05) is 68.6 Å². The van der Waals surface area contributed by atoms with Crippen LogP contribution in [0.3, 0.4) is 0 Å². The smallest absolute Gasteiger partial charge is 0.165 e. The van der Waals surface area contributed by atoms with Gasteiger partial charge in [-0.25, -0.2) is 0 Å². The monoisotopic (exact) mass is 412 g/mol. The second-order valence-electron chi connectivity index (χ2n) is 9.31. The first-order valence-corrected chi connectivity index (χ1v) is 10.3. The number of nitrogens with zero attached hydrogens (tertiary/aromatic N) is 4. The lowest BCUT2D eigenvalue weighted by Crippen LogP contribution is -2.37. The maximum atomic E-state index is 5.72. The normalized spacial score (nSPS) is 13.3. The molecule has 0 aromatic heterocycles. The maximum Gasteiger partial charge on any atom is 0.165 e. The largest absolute Gasteiger partial charge is 0.389 e. The summed E-state index contributed by atoms with van der Waals surface area (Å²) in [5, 5.41) is 8.99. The Morgan fingerprint density at radius 1 is 0.600 bits per heavy atom. The second-order valence-corrected chi connectivity index (χ2v) is 9.31. The Hall–Kier alpha value is -2.70. The standard InChI is InChI=1S/C24H36N4O2/c1-27(2,3)17-19-29-25-23(21-13-9-7-10-14-21)24(22-15-11-8-12-16-22)26-30-20-18-28(4,5)6/h7-16H,17-20H2,1-6H3/q+2/b25-23-,26-24-. The highest BCUT2D eigenvalue weighted by atomic mass is 16.6. The van der Waals surface area contributed by atoms with Crippen molar-refractivity contribution in [1.29, 1.82) is 0 Å². The molecule has 2 aromatic carbocycles. The number of oxime groups is 2. The van der Waals surface area contributed by atoms with Gasteiger partial charge >= 0.3 is 0 Å². The molecule has 6 heteroatoms. The van der Waals surface area contributed by atoms with Gasteiger partial charge in [0.1, 0.15) is 24.5 Å². The van der Waals surface area contributed by atoms with E-state index in [0.29, 0.717) is 24.6 Å². The van der Waals surface area contributed by atoms with Crippen LogP contribution in [0.4, 0.5) is 0 Å². The number of benzene rings is 2. The molecule has 0 saturated heterocycles. The van der Waals surface area contributed by atoms with Gasteiger partial charge in [0, 0.05) is 11.1 Å². The number of quaternary nitrogens is 2. The lowest BCUT2D eigenvalue weighted by atomic mass is 10.00. The first kappa shape index (κ1) is 23.6. The van der Waals surface area contributed by atoms with Gasteiger partial charge in [-0.2, -0.15) is 0 Å². The molecule has 0 amide bonds. The van der Waals surface area contributed by atoms with Crippen molar-refractivity contribution in [3.8, 4) is 0 Å². The van der Waals surface area contributed by atoms with Crippen molar-refractivity contribution in [3.05, 3.63) is 71.8 Å². The average Bonchev–Trinajstić information content (AvgIpc) is 2.69. The van der Waals surface area contributed by atoms with E-state index in [1.165, 1.54) is 0 Å². The van der Waals surface area contributed by atoms with Gasteiger partial charge in [0.25, 0.3) is 0 Å². The molecule has 0 saturated carbocycles. The molecule has 2 aromatic rings. The van der Waals surface area contributed by atoms with Crippen LogP contribution >= 0.6 is 0 Å². The van der Waals surface area contributed by atoms with Gasteiger partial charge < -0.3 is 18.6 Å². The summed E-state index contributed by atoms with van der Waals surface area (Å²) in [5.74, 6) is 0. The Labute approximate surface area is 181 Å². The van der Waals surface area contributed by atoms with Crippen molar-refractivity contribution in [2.45, 2.75) is 0 Å². The Morgan fingerprint density at radius 2 is 0.933 bits per heavy atom. The quantitative estimate of drug-likeness (QED) is 0.246. The summed E-state index contributed by atoms with van der Waals surface area (Å²) in [5.41, 5.74) is 3.18. The van der Waals surface area contributed by atoms with Crippen molar-refractivity contribution < 1.29 is 18.6 Å². The van der Waals surface area contributed by atoms with Gasteiger partial charge in [0.2, 0.25) is 0 Å². The highest BCUT2D eigenvalue weighted by molar-refractivity contribution is 6.53. The van der Waals surface area contributed by atoms with Crippen molar-refractivity contribution in [2.24, 2.45) is 10.3 Å². The van der Waals surface area contributed by atoms with E-state index in [9.17, 15) is 0 Å². The summed E-state index contributed by atoms with van der Waals surface area (Å²) in [4.78, 5) is 11.4. The van der Waals surface area contributed by atoms with Crippen LogP contribution in [0.1, 0.15) is 11.1 Å². The predicted octanol–water partition coefficient (Wildman–Crippen LogP) is 3.24. The molecule has 6 nitrogen and oxygen atoms in total. The van der Waals surface area contributed by atoms with Crippen LogP contribution in [-0.2, 0) is 9.68 Å². The fourth-order valence-corrected chi connectivity index (χ4v) is 2.51. The zero-order valence-corrected chi connectivity index (χ0v) is 19.2. The second kappa shape index (κ2) is 10.9. The molecule has 30 heavy (non-hydrogen) atoms. The summed E-state index contributed by atoms with van der Waals surface area (Å²) in [6.45, 7) is 2.74. The van der Waals surface area contributed by atoms with E-state index in [1.54, 1.807) is 0 Å². The van der Waals surface area contributed by atoms with Crippen molar-refractivity contribution in [3.63, 3.8) is 0 Å². The molecule has 0 radical (unpaired) electrons. The maximum absolute atomic E-state index is 5.72. The number of hydrogen-bond donors (Lipinski definition) is 0. The molecule has 0 aliphatic rings. The molecule has 0 spiro atoms. The molecule has 0 aliphatic heterocycles. The van der Waals surface area contributed by atoms with Crippen LogP contribution in [-0.4, -0.2) is 89.0 Å². The summed E-state index contributed by atoms with van der Waals surface area (Å²) >= 11 is 0. The van der Waals surface area contributed by atoms with E-state index >= 15 is 0 Å². The zero-order chi connectivity index (χ0) is 22.0. The van der Waals surface area contributed by atoms with Crippen molar-refractivity contribution >= 4 is 11.4 Å². The average molecular weight is 413 g/mol. The van der Waals surface area contributed by atoms with E-state index in [0.717, 1.165) is 33.2 Å². The molecule has 2 rings (SSSR count). The number of hydrogen-bond acceptors (Lipinski definition) is 4. The highest BCUT2D eigenvalue weighted by Gasteiger charge is 2.17. The molecule has 0 atom stereocenters. The van der Waals surface area contributed by atoms with Crippen LogP contribution in [0.15, 0.2) is 71.0 Å². The number of rotatable bonds is 11. The third-order valence-corrected chi connectivity index (χ3v) is 4.34. The van der Waals surface area contributed by atoms with Crippen LogP contribution in [0.2, 0.25) is 0 Å². The number of likely N-dealkylation sites (N-methyl/N-ethyl adjacent to an activating group) is 2. The molecule has 162 valence electrons. The molecular weight excluding hydrogens is 376 g/mol. The van der Waals surface area contributed by atoms with Gasteiger partial charge in [0.15, 0.2) is 13.2 Å². The molecule has 0 fully saturated rings. The fourth-order valence-electron chi connectivity index (χ4n) is 2.51. The lowest BCUT2D eigenvalue weighted by molar-refractivity contribution is -0.870. The zero-order valence-electron chi connectivity index (χ0n) is 19.2. The van der Waals surface area contributed by atoms with Crippen LogP contribution in [0, 0.1) is 0 Å². The topological polar surface area (TPSA) is 43.2 Å². The Morgan fingerprint density at radius 3 is 1.23 bits per heavy atom. The molecular formula is C24H36N4O2+2. The van der Waals surface area contributed by atoms with Crippen molar-refractivity contribution in [1.82, 2.24) is 0 Å². The molecule has 0 aliphatic carbocycles. The first-order chi connectivity index (χ1) is 14.2. The van der Waals surface area contributed by atoms with E-state index in [1.807, 2.05) is 60.7 Å². The minimum Gasteiger partial charge on any atom is -0.389 e. The Kier molecular flexibility index (Phi) is 8.57. The summed E-state index contributed by atoms with van der Waals surface area (Å²) < 4.78 is 1.62. The van der Waals surface area contributed by atoms with E-state index in [2.05, 4.69) is 52.6 Å². The van der Waals surface area contributed by atoms with Gasteiger partial charge in [-0.3, -0.25) is 0 Å². The Balaban J connectivity index is 2.34. The van der Waals surface area contributed by atoms with Gasteiger partial charge in [-0.15, -0.1) is 0 Å². The summed E-state index contributed by atoms with van der Waals surface area (Å²) in [7, 11) is 12.8. The highest BCUT2D eigenvalue weighted by Crippen LogP contribution is 2.12. The van der Waals surface area contributed by atoms with Crippen LogP contribution in [0.25, 0.3) is 0 Å². The van der Waals surface area contributed by atoms with E-state index in [4.69, 9.17) is 9.68 Å². The van der Waals surface area contributed by atoms with Crippen LogP contribution < -0.4 is 0 Å². The van der Waals surface area contributed by atoms with Gasteiger partial charge in [0.05, 0.1) is 42.3 Å². The summed E-state index contributed by atoms with van der Waals surface area (Å²) in [6.07, 6.45) is 0. The molecule has 0 bridgehead atoms. The minimum atomic E-state index is 0.518. The SMILES string of the molecule is C[N+](C)(C)CCO/N=C(\C(=N/OCC[N+](C)(C)C)c1ccccc1)c1ccccc1. The molecule has 0 heterocycles. The Bertz CT molecular complexity index is 748. The molecule has 0 unspecified atom stereocenters.